The Morgan fingerprint density at radius 3 is 2.24 bits per heavy atom. The van der Waals surface area contributed by atoms with Crippen LogP contribution < -0.4 is 0 Å². The van der Waals surface area contributed by atoms with Crippen LogP contribution >= 0.6 is 0 Å². The summed E-state index contributed by atoms with van der Waals surface area (Å²) in [6.45, 7) is 7.12. The van der Waals surface area contributed by atoms with Crippen molar-refractivity contribution in [2.75, 3.05) is 20.8 Å². The van der Waals surface area contributed by atoms with Crippen LogP contribution in [0.4, 0.5) is 0 Å². The minimum atomic E-state index is -0.333. The lowest BCUT2D eigenvalue weighted by atomic mass is 9.85. The Bertz CT molecular complexity index is 1350. The average molecular weight is 453 g/mol. The van der Waals surface area contributed by atoms with E-state index in [-0.39, 0.29) is 17.6 Å². The fourth-order valence-corrected chi connectivity index (χ4v) is 5.37. The lowest BCUT2D eigenvalue weighted by molar-refractivity contribution is -0.575. The highest BCUT2D eigenvalue weighted by Gasteiger charge is 2.53. The Balaban J connectivity index is 1.90. The van der Waals surface area contributed by atoms with Gasteiger partial charge in [0.2, 0.25) is 5.71 Å². The molecule has 1 heterocycles. The van der Waals surface area contributed by atoms with Crippen LogP contribution in [0.5, 0.6) is 0 Å². The SMILES string of the molecule is CCOC1/C(=C2/c3ccccc3-c3ccc(C(=O)OC)cc32)C(c2ccccc2)=[N+](C)C1(C)C. The Labute approximate surface area is 201 Å². The normalized spacial score (nSPS) is 20.3. The van der Waals surface area contributed by atoms with Crippen LogP contribution in [0, 0.1) is 0 Å². The predicted octanol–water partition coefficient (Wildman–Crippen LogP) is 5.58. The van der Waals surface area contributed by atoms with Crippen LogP contribution in [0.1, 0.15) is 47.8 Å². The monoisotopic (exact) mass is 452 g/mol. The summed E-state index contributed by atoms with van der Waals surface area (Å²) in [5.74, 6) is -0.333. The topological polar surface area (TPSA) is 38.5 Å². The quantitative estimate of drug-likeness (QED) is 0.300. The van der Waals surface area contributed by atoms with E-state index in [0.29, 0.717) is 12.2 Å². The highest BCUT2D eigenvalue weighted by atomic mass is 16.5. The molecule has 0 bridgehead atoms. The van der Waals surface area contributed by atoms with Gasteiger partial charge in [-0.25, -0.2) is 9.37 Å². The second-order valence-corrected chi connectivity index (χ2v) is 9.35. The van der Waals surface area contributed by atoms with Crippen LogP contribution in [0.2, 0.25) is 0 Å². The van der Waals surface area contributed by atoms with E-state index in [4.69, 9.17) is 9.47 Å². The summed E-state index contributed by atoms with van der Waals surface area (Å²) in [5, 5.41) is 0. The summed E-state index contributed by atoms with van der Waals surface area (Å²) in [5.41, 5.74) is 9.39. The number of methoxy groups -OCH3 is 1. The molecule has 5 rings (SSSR count). The van der Waals surface area contributed by atoms with Gasteiger partial charge >= 0.3 is 5.97 Å². The highest BCUT2D eigenvalue weighted by Crippen LogP contribution is 2.49. The molecular formula is C30H30NO3+. The Morgan fingerprint density at radius 2 is 1.56 bits per heavy atom. The van der Waals surface area contributed by atoms with Crippen LogP contribution in [-0.4, -0.2) is 48.7 Å². The lowest BCUT2D eigenvalue weighted by Gasteiger charge is -2.24. The zero-order valence-electron chi connectivity index (χ0n) is 20.4. The number of nitrogens with zero attached hydrogens (tertiary/aromatic N) is 1. The lowest BCUT2D eigenvalue weighted by Crippen LogP contribution is -2.42. The maximum absolute atomic E-state index is 12.4. The Hall–Kier alpha value is -3.50. The summed E-state index contributed by atoms with van der Waals surface area (Å²) >= 11 is 0. The molecule has 0 spiro atoms. The van der Waals surface area contributed by atoms with Gasteiger partial charge in [-0.1, -0.05) is 48.5 Å². The fraction of sp³-hybridized carbons (Fsp3) is 0.267. The largest absolute Gasteiger partial charge is 0.465 e. The second-order valence-electron chi connectivity index (χ2n) is 9.35. The molecule has 0 saturated carbocycles. The second kappa shape index (κ2) is 8.37. The van der Waals surface area contributed by atoms with E-state index in [1.165, 1.54) is 18.2 Å². The molecule has 0 aromatic heterocycles. The van der Waals surface area contributed by atoms with Gasteiger partial charge in [-0.2, -0.15) is 0 Å². The number of carbonyl (C=O) groups is 1. The van der Waals surface area contributed by atoms with Gasteiger partial charge in [-0.3, -0.25) is 0 Å². The molecule has 4 heteroatoms. The first kappa shape index (κ1) is 22.3. The van der Waals surface area contributed by atoms with Gasteiger partial charge in [0.15, 0.2) is 11.6 Å². The molecule has 0 radical (unpaired) electrons. The summed E-state index contributed by atoms with van der Waals surface area (Å²) in [6, 6.07) is 24.8. The number of hydrogen-bond acceptors (Lipinski definition) is 3. The number of carbonyl (C=O) groups excluding carboxylic acids is 1. The minimum absolute atomic E-state index is 0.145. The molecule has 4 nitrogen and oxygen atoms in total. The van der Waals surface area contributed by atoms with Gasteiger partial charge in [0.25, 0.3) is 0 Å². The first-order valence-electron chi connectivity index (χ1n) is 11.7. The number of ether oxygens (including phenoxy) is 2. The van der Waals surface area contributed by atoms with Crippen molar-refractivity contribution in [1.82, 2.24) is 0 Å². The summed E-state index contributed by atoms with van der Waals surface area (Å²) in [4.78, 5) is 12.4. The molecule has 34 heavy (non-hydrogen) atoms. The molecule has 1 atom stereocenters. The number of likely N-dealkylation sites (N-methyl/N-ethyl adjacent to an activating group) is 1. The van der Waals surface area contributed by atoms with Crippen LogP contribution in [0.15, 0.2) is 78.4 Å². The van der Waals surface area contributed by atoms with Crippen molar-refractivity contribution in [3.8, 4) is 11.1 Å². The third kappa shape index (κ3) is 3.24. The summed E-state index contributed by atoms with van der Waals surface area (Å²) in [7, 11) is 3.57. The molecule has 2 aliphatic rings. The molecule has 0 saturated heterocycles. The van der Waals surface area contributed by atoms with Crippen LogP contribution in [0.25, 0.3) is 16.7 Å². The van der Waals surface area contributed by atoms with Gasteiger partial charge in [-0.15, -0.1) is 0 Å². The van der Waals surface area contributed by atoms with Crippen LogP contribution in [-0.2, 0) is 9.47 Å². The molecule has 0 amide bonds. The fourth-order valence-electron chi connectivity index (χ4n) is 5.37. The van der Waals surface area contributed by atoms with E-state index in [2.05, 4.69) is 74.0 Å². The molecule has 3 aromatic rings. The van der Waals surface area contributed by atoms with E-state index >= 15 is 0 Å². The van der Waals surface area contributed by atoms with Crippen molar-refractivity contribution < 1.29 is 18.8 Å². The predicted molar refractivity (Wildman–Crippen MR) is 135 cm³/mol. The maximum Gasteiger partial charge on any atom is 0.337 e. The number of rotatable bonds is 4. The van der Waals surface area contributed by atoms with Crippen molar-refractivity contribution in [2.24, 2.45) is 0 Å². The van der Waals surface area contributed by atoms with Crippen molar-refractivity contribution in [3.63, 3.8) is 0 Å². The van der Waals surface area contributed by atoms with Crippen molar-refractivity contribution in [2.45, 2.75) is 32.4 Å². The van der Waals surface area contributed by atoms with Gasteiger partial charge in [-0.05, 0) is 53.4 Å². The third-order valence-electron chi connectivity index (χ3n) is 7.21. The standard InChI is InChI=1S/C30H30NO3/c1-6-34-28-26(27(31(4)30(28,2)3)19-12-8-7-9-13-19)25-23-15-11-10-14-21(23)22-17-16-20(18-24(22)25)29(32)33-5/h7-18,28H,6H2,1-5H3/q+1/b26-25-. The number of benzene rings is 3. The van der Waals surface area contributed by atoms with Crippen molar-refractivity contribution >= 4 is 17.3 Å². The van der Waals surface area contributed by atoms with Gasteiger partial charge in [0.05, 0.1) is 18.2 Å². The van der Waals surface area contributed by atoms with Gasteiger partial charge < -0.3 is 9.47 Å². The molecule has 1 aliphatic carbocycles. The molecule has 1 aliphatic heterocycles. The van der Waals surface area contributed by atoms with Crippen molar-refractivity contribution in [3.05, 3.63) is 101 Å². The molecule has 172 valence electrons. The Morgan fingerprint density at radius 1 is 0.912 bits per heavy atom. The van der Waals surface area contributed by atoms with Crippen LogP contribution in [0.3, 0.4) is 0 Å². The first-order valence-corrected chi connectivity index (χ1v) is 11.7. The zero-order valence-corrected chi connectivity index (χ0v) is 20.4. The van der Waals surface area contributed by atoms with E-state index in [0.717, 1.165) is 33.5 Å². The average Bonchev–Trinajstić information content (AvgIpc) is 3.28. The molecular weight excluding hydrogens is 422 g/mol. The number of hydrogen-bond donors (Lipinski definition) is 0. The third-order valence-corrected chi connectivity index (χ3v) is 7.21. The molecule has 1 unspecified atom stereocenters. The summed E-state index contributed by atoms with van der Waals surface area (Å²) < 4.78 is 13.9. The number of esters is 1. The van der Waals surface area contributed by atoms with E-state index in [1.54, 1.807) is 0 Å². The number of fused-ring (bicyclic) bond motifs is 3. The molecule has 0 N–H and O–H groups in total. The van der Waals surface area contributed by atoms with Crippen molar-refractivity contribution in [1.29, 1.82) is 0 Å². The van der Waals surface area contributed by atoms with Gasteiger partial charge in [0.1, 0.15) is 7.05 Å². The Kier molecular flexibility index (Phi) is 5.49. The van der Waals surface area contributed by atoms with Gasteiger partial charge in [0, 0.05) is 31.6 Å². The maximum atomic E-state index is 12.4. The minimum Gasteiger partial charge on any atom is -0.465 e. The van der Waals surface area contributed by atoms with E-state index < -0.39 is 0 Å². The molecule has 3 aromatic carbocycles. The van der Waals surface area contributed by atoms with E-state index in [9.17, 15) is 4.79 Å². The zero-order chi connectivity index (χ0) is 24.0. The smallest absolute Gasteiger partial charge is 0.337 e. The molecule has 0 fully saturated rings. The van der Waals surface area contributed by atoms with E-state index in [1.807, 2.05) is 31.2 Å². The first-order chi connectivity index (χ1) is 16.4. The summed E-state index contributed by atoms with van der Waals surface area (Å²) in [6.07, 6.45) is -0.145. The highest BCUT2D eigenvalue weighted by molar-refractivity contribution is 6.20.